The topological polar surface area (TPSA) is 75.9 Å². The van der Waals surface area contributed by atoms with Crippen LogP contribution in [0.4, 0.5) is 11.6 Å². The van der Waals surface area contributed by atoms with Crippen molar-refractivity contribution in [3.05, 3.63) is 29.4 Å². The molecule has 0 atom stereocenters. The average Bonchev–Trinajstić information content (AvgIpc) is 2.99. The third kappa shape index (κ3) is 4.18. The highest BCUT2D eigenvalue weighted by Gasteiger charge is 2.10. The number of hydrogen-bond donors (Lipinski definition) is 2. The summed E-state index contributed by atoms with van der Waals surface area (Å²) >= 11 is 0. The van der Waals surface area contributed by atoms with Gasteiger partial charge in [-0.05, 0) is 19.8 Å². The van der Waals surface area contributed by atoms with Crippen LogP contribution in [0.1, 0.15) is 43.8 Å². The van der Waals surface area contributed by atoms with Crippen molar-refractivity contribution in [2.45, 2.75) is 46.6 Å². The Kier molecular flexibility index (Phi) is 5.54. The van der Waals surface area contributed by atoms with Crippen LogP contribution in [0.3, 0.4) is 0 Å². The molecule has 6 heteroatoms. The molecule has 0 unspecified atom stereocenters. The average molecular weight is 289 g/mol. The Morgan fingerprint density at radius 2 is 1.86 bits per heavy atom. The maximum atomic E-state index is 5.10. The molecule has 114 valence electrons. The minimum atomic E-state index is 0.566. The molecule has 0 radical (unpaired) electrons. The van der Waals surface area contributed by atoms with Crippen LogP contribution >= 0.6 is 0 Å². The van der Waals surface area contributed by atoms with Gasteiger partial charge in [-0.3, -0.25) is 0 Å². The van der Waals surface area contributed by atoms with Crippen molar-refractivity contribution in [1.82, 2.24) is 15.1 Å². The first-order valence-electron chi connectivity index (χ1n) is 7.49. The molecule has 0 fully saturated rings. The van der Waals surface area contributed by atoms with Gasteiger partial charge >= 0.3 is 0 Å². The van der Waals surface area contributed by atoms with Gasteiger partial charge in [0.05, 0.1) is 12.7 Å². The quantitative estimate of drug-likeness (QED) is 0.777. The lowest BCUT2D eigenvalue weighted by molar-refractivity contribution is 0.388. The summed E-state index contributed by atoms with van der Waals surface area (Å²) in [6.45, 7) is 7.77. The zero-order valence-corrected chi connectivity index (χ0v) is 12.9. The fourth-order valence-corrected chi connectivity index (χ4v) is 1.99. The van der Waals surface area contributed by atoms with E-state index in [-0.39, 0.29) is 0 Å². The molecule has 0 saturated carbocycles. The molecule has 0 aliphatic rings. The van der Waals surface area contributed by atoms with Gasteiger partial charge in [-0.1, -0.05) is 19.0 Å². The molecule has 0 aliphatic carbocycles. The Morgan fingerprint density at radius 3 is 2.48 bits per heavy atom. The Labute approximate surface area is 125 Å². The van der Waals surface area contributed by atoms with E-state index in [1.807, 2.05) is 13.0 Å². The van der Waals surface area contributed by atoms with E-state index in [0.717, 1.165) is 54.6 Å². The van der Waals surface area contributed by atoms with Gasteiger partial charge in [0.15, 0.2) is 5.76 Å². The predicted molar refractivity (Wildman–Crippen MR) is 83.4 cm³/mol. The fourth-order valence-electron chi connectivity index (χ4n) is 1.99. The summed E-state index contributed by atoms with van der Waals surface area (Å²) < 4.78 is 5.10. The van der Waals surface area contributed by atoms with Crippen molar-refractivity contribution in [2.75, 3.05) is 17.2 Å². The maximum absolute atomic E-state index is 5.10. The van der Waals surface area contributed by atoms with Crippen molar-refractivity contribution in [2.24, 2.45) is 0 Å². The largest absolute Gasteiger partial charge is 0.370 e. The first-order valence-corrected chi connectivity index (χ1v) is 7.49. The molecule has 6 nitrogen and oxygen atoms in total. The van der Waals surface area contributed by atoms with Gasteiger partial charge in [0.1, 0.15) is 17.5 Å². The molecular weight excluding hydrogens is 266 g/mol. The third-order valence-electron chi connectivity index (χ3n) is 3.13. The number of nitrogens with zero attached hydrogens (tertiary/aromatic N) is 3. The normalized spacial score (nSPS) is 10.6. The van der Waals surface area contributed by atoms with E-state index in [1.54, 1.807) is 6.20 Å². The van der Waals surface area contributed by atoms with E-state index < -0.39 is 0 Å². The number of anilines is 2. The SMILES string of the molecule is CCCNc1nc(CCC)nc(NCc2ccno2)c1C. The smallest absolute Gasteiger partial charge is 0.155 e. The lowest BCUT2D eigenvalue weighted by atomic mass is 10.2. The molecule has 2 N–H and O–H groups in total. The van der Waals surface area contributed by atoms with Crippen LogP contribution in [0, 0.1) is 6.92 Å². The van der Waals surface area contributed by atoms with Gasteiger partial charge in [-0.25, -0.2) is 9.97 Å². The Bertz CT molecular complexity index is 553. The van der Waals surface area contributed by atoms with Crippen LogP contribution in [-0.4, -0.2) is 21.7 Å². The van der Waals surface area contributed by atoms with Crippen LogP contribution in [0.2, 0.25) is 0 Å². The summed E-state index contributed by atoms with van der Waals surface area (Å²) in [5.41, 5.74) is 1.03. The van der Waals surface area contributed by atoms with Crippen molar-refractivity contribution in [1.29, 1.82) is 0 Å². The van der Waals surface area contributed by atoms with Gasteiger partial charge in [0.2, 0.25) is 0 Å². The molecule has 2 aromatic rings. The lowest BCUT2D eigenvalue weighted by Gasteiger charge is -2.14. The van der Waals surface area contributed by atoms with Gasteiger partial charge in [0, 0.05) is 24.6 Å². The monoisotopic (exact) mass is 289 g/mol. The van der Waals surface area contributed by atoms with Crippen LogP contribution in [0.5, 0.6) is 0 Å². The van der Waals surface area contributed by atoms with Crippen molar-refractivity contribution in [3.63, 3.8) is 0 Å². The van der Waals surface area contributed by atoms with E-state index in [4.69, 9.17) is 4.52 Å². The summed E-state index contributed by atoms with van der Waals surface area (Å²) in [7, 11) is 0. The molecule has 2 rings (SSSR count). The predicted octanol–water partition coefficient (Wildman–Crippen LogP) is 3.16. The van der Waals surface area contributed by atoms with Gasteiger partial charge in [0.25, 0.3) is 0 Å². The second kappa shape index (κ2) is 7.61. The summed E-state index contributed by atoms with van der Waals surface area (Å²) in [6, 6.07) is 1.84. The van der Waals surface area contributed by atoms with Crippen molar-refractivity contribution >= 4 is 11.6 Å². The third-order valence-corrected chi connectivity index (χ3v) is 3.13. The van der Waals surface area contributed by atoms with E-state index in [9.17, 15) is 0 Å². The van der Waals surface area contributed by atoms with Crippen LogP contribution in [-0.2, 0) is 13.0 Å². The standard InChI is InChI=1S/C15H23N5O/c1-4-6-13-19-14(16-8-5-2)11(3)15(20-13)17-10-12-7-9-18-21-12/h7,9H,4-6,8,10H2,1-3H3,(H2,16,17,19,20). The number of aryl methyl sites for hydroxylation is 1. The molecule has 0 spiro atoms. The second-order valence-electron chi connectivity index (χ2n) is 4.97. The molecule has 2 aromatic heterocycles. The number of rotatable bonds is 8. The number of hydrogen-bond acceptors (Lipinski definition) is 6. The van der Waals surface area contributed by atoms with Gasteiger partial charge in [-0.2, -0.15) is 0 Å². The minimum Gasteiger partial charge on any atom is -0.370 e. The number of nitrogens with one attached hydrogen (secondary N) is 2. The molecule has 21 heavy (non-hydrogen) atoms. The van der Waals surface area contributed by atoms with E-state index >= 15 is 0 Å². The van der Waals surface area contributed by atoms with E-state index in [2.05, 4.69) is 39.6 Å². The zero-order chi connectivity index (χ0) is 15.1. The molecule has 2 heterocycles. The highest BCUT2D eigenvalue weighted by atomic mass is 16.5. The molecular formula is C15H23N5O. The zero-order valence-electron chi connectivity index (χ0n) is 12.9. The second-order valence-corrected chi connectivity index (χ2v) is 4.97. The van der Waals surface area contributed by atoms with Crippen molar-refractivity contribution in [3.8, 4) is 0 Å². The Morgan fingerprint density at radius 1 is 1.10 bits per heavy atom. The lowest BCUT2D eigenvalue weighted by Crippen LogP contribution is -2.11. The Hall–Kier alpha value is -2.11. The molecule has 0 bridgehead atoms. The highest BCUT2D eigenvalue weighted by molar-refractivity contribution is 5.57. The molecule has 0 aliphatic heterocycles. The Balaban J connectivity index is 2.18. The van der Waals surface area contributed by atoms with Crippen LogP contribution in [0.15, 0.2) is 16.8 Å². The fraction of sp³-hybridized carbons (Fsp3) is 0.533. The maximum Gasteiger partial charge on any atom is 0.155 e. The van der Waals surface area contributed by atoms with Gasteiger partial charge in [-0.15, -0.1) is 0 Å². The van der Waals surface area contributed by atoms with Crippen molar-refractivity contribution < 1.29 is 4.52 Å². The summed E-state index contributed by atoms with van der Waals surface area (Å²) in [5, 5.41) is 10.4. The molecule has 0 saturated heterocycles. The summed E-state index contributed by atoms with van der Waals surface area (Å²) in [5.74, 6) is 3.41. The first kappa shape index (κ1) is 15.3. The minimum absolute atomic E-state index is 0.566. The van der Waals surface area contributed by atoms with Crippen LogP contribution < -0.4 is 10.6 Å². The summed E-state index contributed by atoms with van der Waals surface area (Å²) in [6.07, 6.45) is 4.60. The van der Waals surface area contributed by atoms with E-state index in [0.29, 0.717) is 6.54 Å². The number of aromatic nitrogens is 3. The summed E-state index contributed by atoms with van der Waals surface area (Å²) in [4.78, 5) is 9.21. The highest BCUT2D eigenvalue weighted by Crippen LogP contribution is 2.21. The van der Waals surface area contributed by atoms with Crippen LogP contribution in [0.25, 0.3) is 0 Å². The first-order chi connectivity index (χ1) is 10.2. The molecule has 0 aromatic carbocycles. The van der Waals surface area contributed by atoms with E-state index in [1.165, 1.54) is 0 Å². The van der Waals surface area contributed by atoms with Gasteiger partial charge < -0.3 is 15.2 Å². The molecule has 0 amide bonds.